The van der Waals surface area contributed by atoms with Gasteiger partial charge in [0.1, 0.15) is 0 Å². The van der Waals surface area contributed by atoms with E-state index in [2.05, 4.69) is 16.7 Å². The summed E-state index contributed by atoms with van der Waals surface area (Å²) < 4.78 is 24.9. The number of aryl methyl sites for hydroxylation is 1. The number of sulfonamides is 1. The van der Waals surface area contributed by atoms with E-state index in [4.69, 9.17) is 4.84 Å². The summed E-state index contributed by atoms with van der Waals surface area (Å²) in [6.45, 7) is 1.89. The van der Waals surface area contributed by atoms with E-state index in [9.17, 15) is 8.42 Å². The minimum atomic E-state index is -3.80. The highest BCUT2D eigenvalue weighted by Crippen LogP contribution is 2.17. The number of rotatable bonds is 5. The summed E-state index contributed by atoms with van der Waals surface area (Å²) >= 11 is 0. The van der Waals surface area contributed by atoms with E-state index in [1.165, 1.54) is 12.1 Å². The van der Waals surface area contributed by atoms with Crippen LogP contribution >= 0.6 is 0 Å². The second-order valence-electron chi connectivity index (χ2n) is 5.94. The van der Waals surface area contributed by atoms with Gasteiger partial charge < -0.3 is 0 Å². The molecule has 0 aliphatic heterocycles. The molecule has 0 bridgehead atoms. The van der Waals surface area contributed by atoms with Gasteiger partial charge >= 0.3 is 0 Å². The van der Waals surface area contributed by atoms with Crippen molar-refractivity contribution < 1.29 is 13.3 Å². The molecule has 0 fully saturated rings. The van der Waals surface area contributed by atoms with Crippen LogP contribution in [0.25, 0.3) is 0 Å². The van der Waals surface area contributed by atoms with Crippen molar-refractivity contribution in [2.75, 3.05) is 0 Å². The molecule has 1 unspecified atom stereocenters. The lowest BCUT2D eigenvalue weighted by atomic mass is 10.1. The number of nitrogens with one attached hydrogen (secondary N) is 1. The molecule has 136 valence electrons. The third kappa shape index (κ3) is 5.28. The summed E-state index contributed by atoms with van der Waals surface area (Å²) in [5.74, 6) is 6.00. The Kier molecular flexibility index (Phi) is 6.05. The SMILES string of the molecule is Cc1ccc(S(=O)(=O)NOC(C#Cc2ccccc2)c2ccccc2)cc1. The highest BCUT2D eigenvalue weighted by molar-refractivity contribution is 7.89. The van der Waals surface area contributed by atoms with Crippen molar-refractivity contribution in [3.05, 3.63) is 102 Å². The normalized spacial score (nSPS) is 12.0. The molecule has 0 aliphatic rings. The largest absolute Gasteiger partial charge is 0.266 e. The number of benzene rings is 3. The summed E-state index contributed by atoms with van der Waals surface area (Å²) in [6.07, 6.45) is -0.744. The van der Waals surface area contributed by atoms with Gasteiger partial charge in [0.2, 0.25) is 0 Å². The molecule has 4 nitrogen and oxygen atoms in total. The maximum absolute atomic E-state index is 12.5. The lowest BCUT2D eigenvalue weighted by molar-refractivity contribution is 0.0523. The van der Waals surface area contributed by atoms with Gasteiger partial charge in [-0.15, -0.1) is 0 Å². The van der Waals surface area contributed by atoms with E-state index in [1.54, 1.807) is 12.1 Å². The highest BCUT2D eigenvalue weighted by atomic mass is 32.2. The zero-order valence-corrected chi connectivity index (χ0v) is 15.6. The zero-order chi connectivity index (χ0) is 19.1. The van der Waals surface area contributed by atoms with Crippen LogP contribution in [0.5, 0.6) is 0 Å². The van der Waals surface area contributed by atoms with Crippen LogP contribution in [0.4, 0.5) is 0 Å². The summed E-state index contributed by atoms with van der Waals surface area (Å²) in [6, 6.07) is 25.2. The van der Waals surface area contributed by atoms with Gasteiger partial charge in [-0.3, -0.25) is 4.84 Å². The highest BCUT2D eigenvalue weighted by Gasteiger charge is 2.17. The van der Waals surface area contributed by atoms with Gasteiger partial charge in [-0.25, -0.2) is 8.42 Å². The molecule has 1 atom stereocenters. The van der Waals surface area contributed by atoms with E-state index in [0.717, 1.165) is 16.7 Å². The lowest BCUT2D eigenvalue weighted by Crippen LogP contribution is -2.26. The van der Waals surface area contributed by atoms with Crippen LogP contribution in [0.15, 0.2) is 89.8 Å². The van der Waals surface area contributed by atoms with Crippen molar-refractivity contribution in [3.63, 3.8) is 0 Å². The van der Waals surface area contributed by atoms with Crippen molar-refractivity contribution in [2.24, 2.45) is 0 Å². The Balaban J connectivity index is 1.82. The maximum atomic E-state index is 12.5. The van der Waals surface area contributed by atoms with Gasteiger partial charge in [-0.1, -0.05) is 83.0 Å². The Morgan fingerprint density at radius 2 is 1.44 bits per heavy atom. The van der Waals surface area contributed by atoms with Crippen LogP contribution in [0.2, 0.25) is 0 Å². The molecule has 5 heteroatoms. The van der Waals surface area contributed by atoms with E-state index < -0.39 is 16.1 Å². The van der Waals surface area contributed by atoms with Gasteiger partial charge in [-0.05, 0) is 36.8 Å². The Bertz CT molecular complexity index is 1040. The molecule has 0 heterocycles. The van der Waals surface area contributed by atoms with Gasteiger partial charge in [0, 0.05) is 5.56 Å². The standard InChI is InChI=1S/C22H19NO3S/c1-18-12-15-21(16-13-18)27(24,25)23-26-22(20-10-6-3-7-11-20)17-14-19-8-4-2-5-9-19/h2-13,15-16,22-23H,1H3. The third-order valence-corrected chi connectivity index (χ3v) is 5.04. The smallest absolute Gasteiger partial charge is 0.262 e. The van der Waals surface area contributed by atoms with Crippen molar-refractivity contribution in [3.8, 4) is 11.8 Å². The van der Waals surface area contributed by atoms with Crippen LogP contribution in [-0.4, -0.2) is 8.42 Å². The molecule has 0 saturated heterocycles. The predicted octanol–water partition coefficient (Wildman–Crippen LogP) is 4.00. The van der Waals surface area contributed by atoms with Crippen molar-refractivity contribution in [1.82, 2.24) is 4.89 Å². The van der Waals surface area contributed by atoms with Crippen LogP contribution in [0.3, 0.4) is 0 Å². The Morgan fingerprint density at radius 1 is 0.852 bits per heavy atom. The fourth-order valence-corrected chi connectivity index (χ4v) is 3.17. The van der Waals surface area contributed by atoms with E-state index in [0.29, 0.717) is 0 Å². The Hall–Kier alpha value is -2.91. The topological polar surface area (TPSA) is 55.4 Å². The average molecular weight is 377 g/mol. The van der Waals surface area contributed by atoms with E-state index >= 15 is 0 Å². The molecule has 3 aromatic carbocycles. The van der Waals surface area contributed by atoms with Crippen LogP contribution < -0.4 is 4.89 Å². The van der Waals surface area contributed by atoms with Crippen molar-refractivity contribution >= 4 is 10.0 Å². The molecule has 0 saturated carbocycles. The molecule has 0 amide bonds. The first-order valence-corrected chi connectivity index (χ1v) is 9.88. The van der Waals surface area contributed by atoms with Crippen LogP contribution in [0.1, 0.15) is 22.8 Å². The molecular weight excluding hydrogens is 358 g/mol. The van der Waals surface area contributed by atoms with Crippen LogP contribution in [-0.2, 0) is 14.9 Å². The van der Waals surface area contributed by atoms with Gasteiger partial charge in [0.15, 0.2) is 6.10 Å². The van der Waals surface area contributed by atoms with Crippen molar-refractivity contribution in [1.29, 1.82) is 0 Å². The molecule has 0 spiro atoms. The Morgan fingerprint density at radius 3 is 2.07 bits per heavy atom. The zero-order valence-electron chi connectivity index (χ0n) is 14.8. The molecule has 0 aliphatic carbocycles. The van der Waals surface area contributed by atoms with Gasteiger partial charge in [0.25, 0.3) is 10.0 Å². The molecule has 0 radical (unpaired) electrons. The summed E-state index contributed by atoms with van der Waals surface area (Å²) in [7, 11) is -3.80. The third-order valence-electron chi connectivity index (χ3n) is 3.83. The van der Waals surface area contributed by atoms with Gasteiger partial charge in [0.05, 0.1) is 4.90 Å². The predicted molar refractivity (Wildman–Crippen MR) is 105 cm³/mol. The van der Waals surface area contributed by atoms with E-state index in [-0.39, 0.29) is 4.90 Å². The molecule has 0 aromatic heterocycles. The molecule has 1 N–H and O–H groups in total. The molecule has 27 heavy (non-hydrogen) atoms. The quantitative estimate of drug-likeness (QED) is 0.540. The van der Waals surface area contributed by atoms with Crippen LogP contribution in [0, 0.1) is 18.8 Å². The lowest BCUT2D eigenvalue weighted by Gasteiger charge is -2.13. The number of hydrogen-bond acceptors (Lipinski definition) is 3. The molecule has 3 rings (SSSR count). The minimum absolute atomic E-state index is 0.135. The first-order valence-electron chi connectivity index (χ1n) is 8.40. The average Bonchev–Trinajstić information content (AvgIpc) is 2.70. The fourth-order valence-electron chi connectivity index (χ4n) is 2.36. The summed E-state index contributed by atoms with van der Waals surface area (Å²) in [5, 5.41) is 0. The van der Waals surface area contributed by atoms with Gasteiger partial charge in [-0.2, -0.15) is 0 Å². The second kappa shape index (κ2) is 8.65. The molecule has 3 aromatic rings. The summed E-state index contributed by atoms with van der Waals surface area (Å²) in [5.41, 5.74) is 2.56. The number of hydrogen-bond donors (Lipinski definition) is 1. The second-order valence-corrected chi connectivity index (χ2v) is 7.59. The fraction of sp³-hybridized carbons (Fsp3) is 0.0909. The maximum Gasteiger partial charge on any atom is 0.262 e. The minimum Gasteiger partial charge on any atom is -0.266 e. The van der Waals surface area contributed by atoms with E-state index in [1.807, 2.05) is 67.6 Å². The molecular formula is C22H19NO3S. The van der Waals surface area contributed by atoms with Crippen molar-refractivity contribution in [2.45, 2.75) is 17.9 Å². The summed E-state index contributed by atoms with van der Waals surface area (Å²) in [4.78, 5) is 7.82. The monoisotopic (exact) mass is 377 g/mol. The first kappa shape index (κ1) is 18.9. The Labute approximate surface area is 159 Å². The first-order chi connectivity index (χ1) is 13.0.